The highest BCUT2D eigenvalue weighted by molar-refractivity contribution is 7.88. The molecule has 10 heteroatoms. The number of halogens is 1. The molecular formula is C34H36ClN3O5S. The fourth-order valence-electron chi connectivity index (χ4n) is 4.74. The molecule has 0 saturated heterocycles. The molecule has 1 N–H and O–H groups in total. The largest absolute Gasteiger partial charge is 0.497 e. The molecule has 0 heterocycles. The van der Waals surface area contributed by atoms with Gasteiger partial charge in [0.1, 0.15) is 11.8 Å². The Morgan fingerprint density at radius 2 is 1.36 bits per heavy atom. The summed E-state index contributed by atoms with van der Waals surface area (Å²) in [5, 5.41) is 3.47. The highest BCUT2D eigenvalue weighted by Gasteiger charge is 2.33. The van der Waals surface area contributed by atoms with Gasteiger partial charge in [0, 0.05) is 31.1 Å². The van der Waals surface area contributed by atoms with Crippen LogP contribution in [0.2, 0.25) is 5.02 Å². The van der Waals surface area contributed by atoms with E-state index >= 15 is 0 Å². The molecule has 0 aliphatic rings. The standard InChI is InChI=1S/C34H36ClN3O5S/c1-43-30-19-17-28(18-20-30)24-38(33(39)25-37(44(2,41)42)23-27-13-7-4-8-14-27)32(21-26-11-5-3-6-12-26)34(40)36-22-29-15-9-10-16-31(29)35/h3-20,32H,21-25H2,1-2H3,(H,36,40). The summed E-state index contributed by atoms with van der Waals surface area (Å²) in [4.78, 5) is 29.6. The van der Waals surface area contributed by atoms with Crippen LogP contribution in [-0.4, -0.2) is 55.4 Å². The Morgan fingerprint density at radius 1 is 0.795 bits per heavy atom. The number of nitrogens with one attached hydrogen (secondary N) is 1. The number of sulfonamides is 1. The van der Waals surface area contributed by atoms with E-state index in [1.807, 2.05) is 78.9 Å². The summed E-state index contributed by atoms with van der Waals surface area (Å²) >= 11 is 6.34. The van der Waals surface area contributed by atoms with Gasteiger partial charge >= 0.3 is 0 Å². The maximum atomic E-state index is 14.2. The van der Waals surface area contributed by atoms with Gasteiger partial charge < -0.3 is 15.0 Å². The molecule has 4 aromatic rings. The van der Waals surface area contributed by atoms with Gasteiger partial charge in [-0.1, -0.05) is 103 Å². The molecule has 0 bridgehead atoms. The number of benzene rings is 4. The van der Waals surface area contributed by atoms with Crippen molar-refractivity contribution in [2.75, 3.05) is 19.9 Å². The zero-order valence-electron chi connectivity index (χ0n) is 24.7. The number of hydrogen-bond acceptors (Lipinski definition) is 5. The molecule has 8 nitrogen and oxygen atoms in total. The van der Waals surface area contributed by atoms with Crippen LogP contribution in [0, 0.1) is 0 Å². The Hall–Kier alpha value is -4.18. The average molecular weight is 634 g/mol. The molecule has 4 rings (SSSR count). The number of methoxy groups -OCH3 is 1. The Labute approximate surface area is 264 Å². The lowest BCUT2D eigenvalue weighted by Crippen LogP contribution is -2.53. The van der Waals surface area contributed by atoms with Gasteiger partial charge in [0.2, 0.25) is 21.8 Å². The fourth-order valence-corrected chi connectivity index (χ4v) is 5.67. The summed E-state index contributed by atoms with van der Waals surface area (Å²) in [6.45, 7) is -0.183. The zero-order valence-corrected chi connectivity index (χ0v) is 26.3. The highest BCUT2D eigenvalue weighted by atomic mass is 35.5. The van der Waals surface area contributed by atoms with E-state index in [1.54, 1.807) is 37.4 Å². The topological polar surface area (TPSA) is 96.0 Å². The molecule has 0 aliphatic carbocycles. The molecular weight excluding hydrogens is 598 g/mol. The van der Waals surface area contributed by atoms with Gasteiger partial charge in [-0.15, -0.1) is 0 Å². The molecule has 0 aliphatic heterocycles. The maximum absolute atomic E-state index is 14.2. The molecule has 0 radical (unpaired) electrons. The van der Waals surface area contributed by atoms with Crippen LogP contribution in [-0.2, 0) is 45.7 Å². The predicted octanol–water partition coefficient (Wildman–Crippen LogP) is 5.07. The van der Waals surface area contributed by atoms with Crippen molar-refractivity contribution in [3.63, 3.8) is 0 Å². The molecule has 230 valence electrons. The van der Waals surface area contributed by atoms with Gasteiger partial charge in [-0.05, 0) is 40.5 Å². The molecule has 0 fully saturated rings. The van der Waals surface area contributed by atoms with E-state index in [-0.39, 0.29) is 32.0 Å². The van der Waals surface area contributed by atoms with Crippen LogP contribution in [0.25, 0.3) is 0 Å². The minimum absolute atomic E-state index is 0.0177. The monoisotopic (exact) mass is 633 g/mol. The lowest BCUT2D eigenvalue weighted by Gasteiger charge is -2.33. The van der Waals surface area contributed by atoms with Crippen LogP contribution >= 0.6 is 11.6 Å². The van der Waals surface area contributed by atoms with E-state index in [2.05, 4.69) is 5.32 Å². The van der Waals surface area contributed by atoms with Gasteiger partial charge in [-0.3, -0.25) is 9.59 Å². The van der Waals surface area contributed by atoms with Crippen LogP contribution in [0.4, 0.5) is 0 Å². The van der Waals surface area contributed by atoms with E-state index in [4.69, 9.17) is 16.3 Å². The van der Waals surface area contributed by atoms with E-state index in [9.17, 15) is 18.0 Å². The van der Waals surface area contributed by atoms with Crippen molar-refractivity contribution < 1.29 is 22.7 Å². The van der Waals surface area contributed by atoms with Crippen LogP contribution in [0.3, 0.4) is 0 Å². The van der Waals surface area contributed by atoms with E-state index in [0.717, 1.165) is 32.8 Å². The number of ether oxygens (including phenoxy) is 1. The summed E-state index contributed by atoms with van der Waals surface area (Å²) in [5.41, 5.74) is 3.08. The van der Waals surface area contributed by atoms with Crippen molar-refractivity contribution in [3.8, 4) is 5.75 Å². The highest BCUT2D eigenvalue weighted by Crippen LogP contribution is 2.20. The fraction of sp³-hybridized carbons (Fsp3) is 0.235. The lowest BCUT2D eigenvalue weighted by atomic mass is 10.0. The van der Waals surface area contributed by atoms with Crippen molar-refractivity contribution >= 4 is 33.4 Å². The molecule has 0 spiro atoms. The number of amides is 2. The number of carbonyl (C=O) groups is 2. The molecule has 44 heavy (non-hydrogen) atoms. The van der Waals surface area contributed by atoms with Gasteiger partial charge in [-0.25, -0.2) is 8.42 Å². The zero-order chi connectivity index (χ0) is 31.5. The summed E-state index contributed by atoms with van der Waals surface area (Å²) in [6.07, 6.45) is 1.30. The molecule has 0 aromatic heterocycles. The Balaban J connectivity index is 1.69. The van der Waals surface area contributed by atoms with Crippen LogP contribution in [0.15, 0.2) is 109 Å². The molecule has 0 saturated carbocycles. The van der Waals surface area contributed by atoms with Gasteiger partial charge in [-0.2, -0.15) is 4.31 Å². The van der Waals surface area contributed by atoms with E-state index < -0.39 is 28.5 Å². The first-order valence-corrected chi connectivity index (χ1v) is 16.3. The first kappa shape index (κ1) is 32.7. The predicted molar refractivity (Wildman–Crippen MR) is 172 cm³/mol. The summed E-state index contributed by atoms with van der Waals surface area (Å²) in [6, 6.07) is 31.9. The SMILES string of the molecule is COc1ccc(CN(C(=O)CN(Cc2ccccc2)S(C)(=O)=O)C(Cc2ccccc2)C(=O)NCc2ccccc2Cl)cc1. The Kier molecular flexibility index (Phi) is 11.5. The third-order valence-corrected chi connectivity index (χ3v) is 8.74. The van der Waals surface area contributed by atoms with Gasteiger partial charge in [0.15, 0.2) is 0 Å². The van der Waals surface area contributed by atoms with Gasteiger partial charge in [0.25, 0.3) is 0 Å². The van der Waals surface area contributed by atoms with Crippen molar-refractivity contribution in [2.24, 2.45) is 0 Å². The molecule has 2 amide bonds. The van der Waals surface area contributed by atoms with Gasteiger partial charge in [0.05, 0.1) is 19.9 Å². The second-order valence-electron chi connectivity index (χ2n) is 10.4. The molecule has 1 atom stereocenters. The molecule has 4 aromatic carbocycles. The number of nitrogens with zero attached hydrogens (tertiary/aromatic N) is 2. The van der Waals surface area contributed by atoms with Crippen LogP contribution < -0.4 is 10.1 Å². The average Bonchev–Trinajstić information content (AvgIpc) is 3.02. The summed E-state index contributed by atoms with van der Waals surface area (Å²) < 4.78 is 32.1. The minimum Gasteiger partial charge on any atom is -0.497 e. The van der Waals surface area contributed by atoms with Crippen LogP contribution in [0.1, 0.15) is 22.3 Å². The normalized spacial score (nSPS) is 12.0. The summed E-state index contributed by atoms with van der Waals surface area (Å²) in [7, 11) is -2.21. The summed E-state index contributed by atoms with van der Waals surface area (Å²) in [5.74, 6) is -0.239. The Morgan fingerprint density at radius 3 is 1.95 bits per heavy atom. The van der Waals surface area contributed by atoms with Crippen molar-refractivity contribution in [1.29, 1.82) is 0 Å². The number of rotatable bonds is 14. The quantitative estimate of drug-likeness (QED) is 0.209. The van der Waals surface area contributed by atoms with E-state index in [1.165, 1.54) is 4.90 Å². The molecule has 1 unspecified atom stereocenters. The van der Waals surface area contributed by atoms with E-state index in [0.29, 0.717) is 10.8 Å². The maximum Gasteiger partial charge on any atom is 0.243 e. The van der Waals surface area contributed by atoms with Crippen molar-refractivity contribution in [1.82, 2.24) is 14.5 Å². The smallest absolute Gasteiger partial charge is 0.243 e. The Bertz CT molecular complexity index is 1630. The van der Waals surface area contributed by atoms with Crippen molar-refractivity contribution in [2.45, 2.75) is 32.1 Å². The number of carbonyl (C=O) groups excluding carboxylic acids is 2. The van der Waals surface area contributed by atoms with Crippen LogP contribution in [0.5, 0.6) is 5.75 Å². The number of hydrogen-bond donors (Lipinski definition) is 1. The van der Waals surface area contributed by atoms with Crippen molar-refractivity contribution in [3.05, 3.63) is 136 Å². The first-order chi connectivity index (χ1) is 21.1. The lowest BCUT2D eigenvalue weighted by molar-refractivity contribution is -0.141. The third kappa shape index (κ3) is 9.41. The third-order valence-electron chi connectivity index (χ3n) is 7.18. The minimum atomic E-state index is -3.78. The first-order valence-electron chi connectivity index (χ1n) is 14.1. The second kappa shape index (κ2) is 15.5. The second-order valence-corrected chi connectivity index (χ2v) is 12.8.